The average molecular weight is 466 g/mol. The molecule has 2 aliphatic rings. The van der Waals surface area contributed by atoms with Crippen LogP contribution in [0.15, 0.2) is 48.5 Å². The van der Waals surface area contributed by atoms with Crippen LogP contribution in [0.5, 0.6) is 0 Å². The number of hydrogen-bond acceptors (Lipinski definition) is 3. The van der Waals surface area contributed by atoms with E-state index in [-0.39, 0.29) is 29.5 Å². The van der Waals surface area contributed by atoms with E-state index in [4.69, 9.17) is 0 Å². The summed E-state index contributed by atoms with van der Waals surface area (Å²) in [6.45, 7) is 4.35. The van der Waals surface area contributed by atoms with Crippen LogP contribution in [0.1, 0.15) is 58.4 Å². The molecule has 0 aliphatic carbocycles. The number of aryl methyl sites for hydroxylation is 1. The number of likely N-dealkylation sites (tertiary alicyclic amines) is 2. The summed E-state index contributed by atoms with van der Waals surface area (Å²) in [4.78, 5) is 43.0. The number of amides is 3. The molecule has 4 rings (SSSR count). The van der Waals surface area contributed by atoms with Gasteiger partial charge in [-0.1, -0.05) is 17.7 Å². The standard InChI is InChI=1S/C27H32FN3O3/c1-19-6-5-7-22(18-19)25(32)29-24(27(34)30-14-3-2-4-15-30)20-12-16-31(17-13-20)26(33)21-8-10-23(28)11-9-21/h5-11,18,20,24H,2-4,12-17H2,1H3,(H,29,32)/t24-/m0/s1. The van der Waals surface area contributed by atoms with Gasteiger partial charge in [0.25, 0.3) is 11.8 Å². The molecule has 0 saturated carbocycles. The normalized spacial score (nSPS) is 17.8. The first-order valence-corrected chi connectivity index (χ1v) is 12.1. The SMILES string of the molecule is Cc1cccc(C(=O)N[C@H](C(=O)N2CCCCC2)C2CCN(C(=O)c3ccc(F)cc3)CC2)c1. The Labute approximate surface area is 200 Å². The van der Waals surface area contributed by atoms with Gasteiger partial charge in [0.2, 0.25) is 5.91 Å². The van der Waals surface area contributed by atoms with Gasteiger partial charge in [0.1, 0.15) is 11.9 Å². The van der Waals surface area contributed by atoms with Crippen LogP contribution in [0.3, 0.4) is 0 Å². The predicted octanol–water partition coefficient (Wildman–Crippen LogP) is 3.80. The van der Waals surface area contributed by atoms with Crippen LogP contribution in [-0.2, 0) is 4.79 Å². The molecule has 7 heteroatoms. The fraction of sp³-hybridized carbons (Fsp3) is 0.444. The molecule has 0 radical (unpaired) electrons. The summed E-state index contributed by atoms with van der Waals surface area (Å²) in [5, 5.41) is 3.03. The number of nitrogens with zero attached hydrogens (tertiary/aromatic N) is 2. The van der Waals surface area contributed by atoms with Gasteiger partial charge >= 0.3 is 0 Å². The number of piperidine rings is 2. The number of nitrogens with one attached hydrogen (secondary N) is 1. The highest BCUT2D eigenvalue weighted by Crippen LogP contribution is 2.25. The lowest BCUT2D eigenvalue weighted by Gasteiger charge is -2.38. The highest BCUT2D eigenvalue weighted by atomic mass is 19.1. The zero-order valence-electron chi connectivity index (χ0n) is 19.6. The maximum absolute atomic E-state index is 13.5. The fourth-order valence-electron chi connectivity index (χ4n) is 4.91. The molecule has 34 heavy (non-hydrogen) atoms. The summed E-state index contributed by atoms with van der Waals surface area (Å²) in [6.07, 6.45) is 4.31. The van der Waals surface area contributed by atoms with Gasteiger partial charge in [-0.25, -0.2) is 4.39 Å². The van der Waals surface area contributed by atoms with Crippen LogP contribution >= 0.6 is 0 Å². The highest BCUT2D eigenvalue weighted by Gasteiger charge is 2.36. The first-order chi connectivity index (χ1) is 16.4. The Hall–Kier alpha value is -3.22. The summed E-state index contributed by atoms with van der Waals surface area (Å²) in [5.74, 6) is -0.840. The molecule has 3 amide bonds. The lowest BCUT2D eigenvalue weighted by Crippen LogP contribution is -2.55. The molecule has 2 aliphatic heterocycles. The molecule has 1 atom stereocenters. The lowest BCUT2D eigenvalue weighted by atomic mass is 9.87. The van der Waals surface area contributed by atoms with Crippen LogP contribution in [0.2, 0.25) is 0 Å². The number of rotatable bonds is 5. The van der Waals surface area contributed by atoms with E-state index in [0.717, 1.165) is 37.9 Å². The van der Waals surface area contributed by atoms with Crippen molar-refractivity contribution in [2.75, 3.05) is 26.2 Å². The number of benzene rings is 2. The number of carbonyl (C=O) groups excluding carboxylic acids is 3. The topological polar surface area (TPSA) is 69.7 Å². The van der Waals surface area contributed by atoms with Gasteiger partial charge < -0.3 is 15.1 Å². The predicted molar refractivity (Wildman–Crippen MR) is 128 cm³/mol. The first-order valence-electron chi connectivity index (χ1n) is 12.1. The fourth-order valence-corrected chi connectivity index (χ4v) is 4.91. The molecule has 2 saturated heterocycles. The van der Waals surface area contributed by atoms with Crippen molar-refractivity contribution < 1.29 is 18.8 Å². The number of halogens is 1. The zero-order chi connectivity index (χ0) is 24.1. The molecule has 1 N–H and O–H groups in total. The second kappa shape index (κ2) is 10.8. The number of hydrogen-bond donors (Lipinski definition) is 1. The van der Waals surface area contributed by atoms with Gasteiger partial charge in [-0.05, 0) is 81.3 Å². The monoisotopic (exact) mass is 465 g/mol. The Morgan fingerprint density at radius 2 is 1.56 bits per heavy atom. The molecule has 2 heterocycles. The molecule has 0 unspecified atom stereocenters. The van der Waals surface area contributed by atoms with Gasteiger partial charge in [0, 0.05) is 37.3 Å². The molecule has 0 spiro atoms. The van der Waals surface area contributed by atoms with Crippen LogP contribution in [0, 0.1) is 18.7 Å². The van der Waals surface area contributed by atoms with E-state index in [1.165, 1.54) is 24.3 Å². The second-order valence-corrected chi connectivity index (χ2v) is 9.34. The molecular weight excluding hydrogens is 433 g/mol. The molecule has 2 aromatic rings. The zero-order valence-corrected chi connectivity index (χ0v) is 19.6. The van der Waals surface area contributed by atoms with E-state index in [9.17, 15) is 18.8 Å². The minimum atomic E-state index is -0.616. The van der Waals surface area contributed by atoms with Crippen molar-refractivity contribution in [3.63, 3.8) is 0 Å². The summed E-state index contributed by atoms with van der Waals surface area (Å²) in [5.41, 5.74) is 1.98. The van der Waals surface area contributed by atoms with Crippen molar-refractivity contribution in [3.05, 3.63) is 71.0 Å². The third kappa shape index (κ3) is 5.64. The molecule has 2 aromatic carbocycles. The van der Waals surface area contributed by atoms with Crippen molar-refractivity contribution in [1.82, 2.24) is 15.1 Å². The van der Waals surface area contributed by atoms with Gasteiger partial charge in [-0.15, -0.1) is 0 Å². The Morgan fingerprint density at radius 3 is 2.21 bits per heavy atom. The summed E-state index contributed by atoms with van der Waals surface area (Å²) >= 11 is 0. The van der Waals surface area contributed by atoms with Crippen LogP contribution < -0.4 is 5.32 Å². The van der Waals surface area contributed by atoms with Crippen molar-refractivity contribution in [2.24, 2.45) is 5.92 Å². The van der Waals surface area contributed by atoms with Gasteiger partial charge in [0.15, 0.2) is 0 Å². The molecule has 180 valence electrons. The lowest BCUT2D eigenvalue weighted by molar-refractivity contribution is -0.136. The Kier molecular flexibility index (Phi) is 7.60. The van der Waals surface area contributed by atoms with E-state index in [1.54, 1.807) is 11.0 Å². The second-order valence-electron chi connectivity index (χ2n) is 9.34. The summed E-state index contributed by atoms with van der Waals surface area (Å²) in [7, 11) is 0. The minimum Gasteiger partial charge on any atom is -0.341 e. The maximum atomic E-state index is 13.5. The molecule has 2 fully saturated rings. The van der Waals surface area contributed by atoms with Crippen molar-refractivity contribution >= 4 is 17.7 Å². The Morgan fingerprint density at radius 1 is 0.882 bits per heavy atom. The van der Waals surface area contributed by atoms with Crippen molar-refractivity contribution in [2.45, 2.75) is 45.1 Å². The smallest absolute Gasteiger partial charge is 0.253 e. The van der Waals surface area contributed by atoms with Crippen molar-refractivity contribution in [3.8, 4) is 0 Å². The van der Waals surface area contributed by atoms with E-state index < -0.39 is 6.04 Å². The third-order valence-electron chi connectivity index (χ3n) is 6.89. The molecule has 0 aromatic heterocycles. The van der Waals surface area contributed by atoms with Crippen LogP contribution in [0.25, 0.3) is 0 Å². The van der Waals surface area contributed by atoms with Crippen molar-refractivity contribution in [1.29, 1.82) is 0 Å². The quantitative estimate of drug-likeness (QED) is 0.730. The summed E-state index contributed by atoms with van der Waals surface area (Å²) < 4.78 is 13.2. The van der Waals surface area contributed by atoms with Gasteiger partial charge in [0.05, 0.1) is 0 Å². The van der Waals surface area contributed by atoms with Crippen LogP contribution in [-0.4, -0.2) is 59.7 Å². The largest absolute Gasteiger partial charge is 0.341 e. The summed E-state index contributed by atoms with van der Waals surface area (Å²) in [6, 6.07) is 12.3. The van der Waals surface area contributed by atoms with Gasteiger partial charge in [-0.2, -0.15) is 0 Å². The van der Waals surface area contributed by atoms with Gasteiger partial charge in [-0.3, -0.25) is 14.4 Å². The van der Waals surface area contributed by atoms with Crippen LogP contribution in [0.4, 0.5) is 4.39 Å². The highest BCUT2D eigenvalue weighted by molar-refractivity contribution is 5.98. The van der Waals surface area contributed by atoms with E-state index in [0.29, 0.717) is 37.1 Å². The minimum absolute atomic E-state index is 0.0241. The van der Waals surface area contributed by atoms with E-state index >= 15 is 0 Å². The first kappa shape index (κ1) is 23.9. The van der Waals surface area contributed by atoms with E-state index in [2.05, 4.69) is 5.32 Å². The third-order valence-corrected chi connectivity index (χ3v) is 6.89. The van der Waals surface area contributed by atoms with E-state index in [1.807, 2.05) is 30.0 Å². The maximum Gasteiger partial charge on any atom is 0.253 e. The number of carbonyl (C=O) groups is 3. The Bertz CT molecular complexity index is 1030. The molecular formula is C27H32FN3O3. The molecule has 6 nitrogen and oxygen atoms in total. The Balaban J connectivity index is 1.46. The molecule has 0 bridgehead atoms. The average Bonchev–Trinajstić information content (AvgIpc) is 2.87.